The van der Waals surface area contributed by atoms with Gasteiger partial charge in [0.05, 0.1) is 0 Å². The van der Waals surface area contributed by atoms with Crippen molar-refractivity contribution in [3.63, 3.8) is 0 Å². The van der Waals surface area contributed by atoms with Crippen LogP contribution in [0.5, 0.6) is 0 Å². The molecule has 0 amide bonds. The Balaban J connectivity index is 2.00. The molecule has 1 spiro atoms. The van der Waals surface area contributed by atoms with Crippen molar-refractivity contribution < 1.29 is 0 Å². The summed E-state index contributed by atoms with van der Waals surface area (Å²) in [6.45, 7) is 8.42. The lowest BCUT2D eigenvalue weighted by Crippen LogP contribution is -2.67. The predicted octanol–water partition coefficient (Wildman–Crippen LogP) is 2.35. The van der Waals surface area contributed by atoms with Crippen LogP contribution in [0.15, 0.2) is 0 Å². The largest absolute Gasteiger partial charge is 0.308 e. The van der Waals surface area contributed by atoms with E-state index in [-0.39, 0.29) is 0 Å². The maximum absolute atomic E-state index is 3.84. The third-order valence-electron chi connectivity index (χ3n) is 4.37. The first-order chi connectivity index (χ1) is 7.58. The van der Waals surface area contributed by atoms with Gasteiger partial charge in [0, 0.05) is 36.5 Å². The minimum absolute atomic E-state index is 0.337. The molecule has 3 heteroatoms. The first kappa shape index (κ1) is 12.7. The number of nitrogens with one attached hydrogen (secondary N) is 1. The van der Waals surface area contributed by atoms with Gasteiger partial charge in [-0.1, -0.05) is 12.8 Å². The van der Waals surface area contributed by atoms with Gasteiger partial charge in [0.15, 0.2) is 0 Å². The molecule has 0 unspecified atom stereocenters. The van der Waals surface area contributed by atoms with E-state index in [0.717, 1.165) is 6.54 Å². The number of rotatable bonds is 3. The Morgan fingerprint density at radius 2 is 1.94 bits per heavy atom. The molecular formula is C13H26N2S. The summed E-state index contributed by atoms with van der Waals surface area (Å²) in [6, 6.07) is 0. The van der Waals surface area contributed by atoms with Crippen molar-refractivity contribution >= 4 is 11.8 Å². The van der Waals surface area contributed by atoms with Crippen LogP contribution in [0.1, 0.15) is 39.5 Å². The molecule has 2 fully saturated rings. The Labute approximate surface area is 105 Å². The molecule has 1 saturated carbocycles. The highest BCUT2D eigenvalue weighted by atomic mass is 32.2. The molecule has 0 aromatic carbocycles. The fourth-order valence-corrected chi connectivity index (χ4v) is 3.52. The zero-order chi connectivity index (χ0) is 11.6. The van der Waals surface area contributed by atoms with E-state index in [0.29, 0.717) is 11.1 Å². The van der Waals surface area contributed by atoms with Gasteiger partial charge in [0.2, 0.25) is 0 Å². The highest BCUT2D eigenvalue weighted by Crippen LogP contribution is 2.35. The molecule has 1 aliphatic carbocycles. The summed E-state index contributed by atoms with van der Waals surface area (Å²) in [4.78, 5) is 2.71. The molecule has 0 radical (unpaired) electrons. The highest BCUT2D eigenvalue weighted by molar-refractivity contribution is 7.98. The molecule has 0 aromatic rings. The van der Waals surface area contributed by atoms with E-state index < -0.39 is 0 Å². The van der Waals surface area contributed by atoms with Gasteiger partial charge < -0.3 is 5.32 Å². The summed E-state index contributed by atoms with van der Waals surface area (Å²) in [5.74, 6) is 1.26. The lowest BCUT2D eigenvalue weighted by Gasteiger charge is -2.51. The molecule has 2 rings (SSSR count). The van der Waals surface area contributed by atoms with Crippen molar-refractivity contribution in [1.29, 1.82) is 0 Å². The Hall–Kier alpha value is 0.270. The Bertz CT molecular complexity index is 234. The van der Waals surface area contributed by atoms with Gasteiger partial charge in [-0.3, -0.25) is 4.90 Å². The van der Waals surface area contributed by atoms with Crippen LogP contribution in [0.25, 0.3) is 0 Å². The van der Waals surface area contributed by atoms with Gasteiger partial charge in [-0.2, -0.15) is 11.8 Å². The molecule has 0 atom stereocenters. The summed E-state index contributed by atoms with van der Waals surface area (Å²) >= 11 is 1.96. The van der Waals surface area contributed by atoms with Crippen LogP contribution in [-0.2, 0) is 0 Å². The van der Waals surface area contributed by atoms with Crippen molar-refractivity contribution in [2.24, 2.45) is 0 Å². The third kappa shape index (κ3) is 2.57. The highest BCUT2D eigenvalue weighted by Gasteiger charge is 2.43. The second-order valence-corrected chi connectivity index (χ2v) is 7.05. The summed E-state index contributed by atoms with van der Waals surface area (Å²) in [5, 5.41) is 3.84. The number of hydrogen-bond acceptors (Lipinski definition) is 3. The average Bonchev–Trinajstić information content (AvgIpc) is 2.69. The first-order valence-electron chi connectivity index (χ1n) is 6.57. The molecule has 1 saturated heterocycles. The number of piperazine rings is 1. The van der Waals surface area contributed by atoms with Gasteiger partial charge in [-0.25, -0.2) is 0 Å². The quantitative estimate of drug-likeness (QED) is 0.818. The zero-order valence-corrected chi connectivity index (χ0v) is 11.8. The van der Waals surface area contributed by atoms with E-state index in [1.807, 2.05) is 11.8 Å². The lowest BCUT2D eigenvalue weighted by atomic mass is 9.87. The van der Waals surface area contributed by atoms with Gasteiger partial charge >= 0.3 is 0 Å². The van der Waals surface area contributed by atoms with Crippen molar-refractivity contribution in [2.75, 3.05) is 31.6 Å². The summed E-state index contributed by atoms with van der Waals surface area (Å²) in [6.07, 6.45) is 7.83. The van der Waals surface area contributed by atoms with Crippen LogP contribution in [0.2, 0.25) is 0 Å². The summed E-state index contributed by atoms with van der Waals surface area (Å²) in [5.41, 5.74) is 0.803. The second-order valence-electron chi connectivity index (χ2n) is 6.07. The molecule has 2 aliphatic rings. The maximum atomic E-state index is 3.84. The molecule has 16 heavy (non-hydrogen) atoms. The maximum Gasteiger partial charge on any atom is 0.0309 e. The smallest absolute Gasteiger partial charge is 0.0309 e. The minimum atomic E-state index is 0.337. The standard InChI is InChI=1S/C13H26N2S/c1-12(2)10-14-13(6-4-5-7-13)11-15(12)8-9-16-3/h14H,4-11H2,1-3H3. The number of thioether (sulfide) groups is 1. The summed E-state index contributed by atoms with van der Waals surface area (Å²) in [7, 11) is 0. The van der Waals surface area contributed by atoms with Gasteiger partial charge in [0.25, 0.3) is 0 Å². The Kier molecular flexibility index (Phi) is 3.87. The Morgan fingerprint density at radius 1 is 1.25 bits per heavy atom. The van der Waals surface area contributed by atoms with Crippen LogP contribution in [0.3, 0.4) is 0 Å². The van der Waals surface area contributed by atoms with Crippen LogP contribution in [0.4, 0.5) is 0 Å². The molecule has 94 valence electrons. The van der Waals surface area contributed by atoms with E-state index in [2.05, 4.69) is 30.3 Å². The Morgan fingerprint density at radius 3 is 2.56 bits per heavy atom. The lowest BCUT2D eigenvalue weighted by molar-refractivity contribution is 0.0339. The van der Waals surface area contributed by atoms with Gasteiger partial charge in [0.1, 0.15) is 0 Å². The SMILES string of the molecule is CSCCN1CC2(CCCC2)NCC1(C)C. The topological polar surface area (TPSA) is 15.3 Å². The average molecular weight is 242 g/mol. The molecule has 1 N–H and O–H groups in total. The van der Waals surface area contributed by atoms with E-state index in [1.54, 1.807) is 0 Å². The molecule has 2 nitrogen and oxygen atoms in total. The fraction of sp³-hybridized carbons (Fsp3) is 1.00. The van der Waals surface area contributed by atoms with E-state index in [9.17, 15) is 0 Å². The monoisotopic (exact) mass is 242 g/mol. The van der Waals surface area contributed by atoms with Crippen molar-refractivity contribution in [1.82, 2.24) is 10.2 Å². The van der Waals surface area contributed by atoms with Gasteiger partial charge in [-0.05, 0) is 32.9 Å². The van der Waals surface area contributed by atoms with Crippen LogP contribution in [0, 0.1) is 0 Å². The van der Waals surface area contributed by atoms with Crippen molar-refractivity contribution in [3.8, 4) is 0 Å². The van der Waals surface area contributed by atoms with Crippen LogP contribution in [-0.4, -0.2) is 47.6 Å². The van der Waals surface area contributed by atoms with Crippen LogP contribution < -0.4 is 5.32 Å². The predicted molar refractivity (Wildman–Crippen MR) is 73.2 cm³/mol. The van der Waals surface area contributed by atoms with Crippen LogP contribution >= 0.6 is 11.8 Å². The molecular weight excluding hydrogens is 216 g/mol. The summed E-state index contributed by atoms with van der Waals surface area (Å²) < 4.78 is 0. The van der Waals surface area contributed by atoms with E-state index >= 15 is 0 Å². The number of nitrogens with zero attached hydrogens (tertiary/aromatic N) is 1. The van der Waals surface area contributed by atoms with Crippen molar-refractivity contribution in [2.45, 2.75) is 50.6 Å². The van der Waals surface area contributed by atoms with E-state index in [4.69, 9.17) is 0 Å². The molecule has 1 aliphatic heterocycles. The first-order valence-corrected chi connectivity index (χ1v) is 7.96. The minimum Gasteiger partial charge on any atom is -0.308 e. The molecule has 0 bridgehead atoms. The second kappa shape index (κ2) is 4.87. The normalized spacial score (nSPS) is 28.7. The third-order valence-corrected chi connectivity index (χ3v) is 4.96. The van der Waals surface area contributed by atoms with Crippen molar-refractivity contribution in [3.05, 3.63) is 0 Å². The fourth-order valence-electron chi connectivity index (χ4n) is 3.12. The van der Waals surface area contributed by atoms with E-state index in [1.165, 1.54) is 44.5 Å². The molecule has 1 heterocycles. The van der Waals surface area contributed by atoms with Gasteiger partial charge in [-0.15, -0.1) is 0 Å². The number of hydrogen-bond donors (Lipinski definition) is 1. The zero-order valence-electron chi connectivity index (χ0n) is 11.0. The molecule has 0 aromatic heterocycles.